The van der Waals surface area contributed by atoms with E-state index in [-0.39, 0.29) is 5.91 Å². The molecule has 0 saturated heterocycles. The molecule has 2 fully saturated rings. The molecule has 2 bridgehead atoms. The van der Waals surface area contributed by atoms with E-state index >= 15 is 0 Å². The first-order chi connectivity index (χ1) is 6.31. The first-order valence-electron chi connectivity index (χ1n) is 5.20. The van der Waals surface area contributed by atoms with Gasteiger partial charge in [-0.25, -0.2) is 0 Å². The molecule has 0 spiro atoms. The monoisotopic (exact) mass is 179 g/mol. The SMILES string of the molecule is C=CCNC(=O)C1CC2CCC1C2. The molecule has 2 aliphatic carbocycles. The van der Waals surface area contributed by atoms with Crippen LogP contribution in [-0.4, -0.2) is 12.5 Å². The highest BCUT2D eigenvalue weighted by Crippen LogP contribution is 2.48. The topological polar surface area (TPSA) is 29.1 Å². The Morgan fingerprint density at radius 2 is 2.31 bits per heavy atom. The molecule has 1 amide bonds. The molecule has 2 heteroatoms. The van der Waals surface area contributed by atoms with E-state index < -0.39 is 0 Å². The lowest BCUT2D eigenvalue weighted by Gasteiger charge is -2.20. The number of nitrogens with one attached hydrogen (secondary N) is 1. The molecule has 2 saturated carbocycles. The van der Waals surface area contributed by atoms with Gasteiger partial charge in [0.1, 0.15) is 0 Å². The van der Waals surface area contributed by atoms with Gasteiger partial charge in [-0.05, 0) is 31.1 Å². The molecule has 2 aliphatic rings. The van der Waals surface area contributed by atoms with Crippen LogP contribution in [0.3, 0.4) is 0 Å². The molecule has 0 aliphatic heterocycles. The highest BCUT2D eigenvalue weighted by Gasteiger charge is 2.42. The van der Waals surface area contributed by atoms with Crippen molar-refractivity contribution in [1.82, 2.24) is 5.32 Å². The van der Waals surface area contributed by atoms with Crippen LogP contribution in [0.5, 0.6) is 0 Å². The predicted octanol–water partition coefficient (Wildman–Crippen LogP) is 1.72. The van der Waals surface area contributed by atoms with Gasteiger partial charge in [-0.15, -0.1) is 6.58 Å². The summed E-state index contributed by atoms with van der Waals surface area (Å²) in [6.07, 6.45) is 6.80. The second-order valence-electron chi connectivity index (χ2n) is 4.32. The number of amides is 1. The number of hydrogen-bond acceptors (Lipinski definition) is 1. The summed E-state index contributed by atoms with van der Waals surface area (Å²) < 4.78 is 0. The highest BCUT2D eigenvalue weighted by molar-refractivity contribution is 5.79. The molecule has 1 N–H and O–H groups in total. The van der Waals surface area contributed by atoms with Crippen LogP contribution in [0, 0.1) is 17.8 Å². The molecule has 0 aromatic carbocycles. The molecule has 2 nitrogen and oxygen atoms in total. The summed E-state index contributed by atoms with van der Waals surface area (Å²) >= 11 is 0. The Labute approximate surface area is 79.4 Å². The van der Waals surface area contributed by atoms with E-state index in [9.17, 15) is 4.79 Å². The van der Waals surface area contributed by atoms with Gasteiger partial charge in [-0.3, -0.25) is 4.79 Å². The van der Waals surface area contributed by atoms with Crippen LogP contribution >= 0.6 is 0 Å². The Morgan fingerprint density at radius 3 is 2.85 bits per heavy atom. The van der Waals surface area contributed by atoms with Gasteiger partial charge in [0.05, 0.1) is 0 Å². The molecule has 2 rings (SSSR count). The quantitative estimate of drug-likeness (QED) is 0.657. The lowest BCUT2D eigenvalue weighted by molar-refractivity contribution is -0.126. The third kappa shape index (κ3) is 1.62. The van der Waals surface area contributed by atoms with E-state index in [0.29, 0.717) is 18.4 Å². The molecular weight excluding hydrogens is 162 g/mol. The van der Waals surface area contributed by atoms with Crippen LogP contribution in [0.25, 0.3) is 0 Å². The molecule has 0 radical (unpaired) electrons. The third-order valence-corrected chi connectivity index (χ3v) is 3.50. The molecule has 3 atom stereocenters. The van der Waals surface area contributed by atoms with Crippen LogP contribution < -0.4 is 5.32 Å². The summed E-state index contributed by atoms with van der Waals surface area (Å²) in [5, 5.41) is 2.90. The van der Waals surface area contributed by atoms with E-state index in [0.717, 1.165) is 12.3 Å². The summed E-state index contributed by atoms with van der Waals surface area (Å²) in [6, 6.07) is 0. The van der Waals surface area contributed by atoms with E-state index in [1.807, 2.05) is 0 Å². The van der Waals surface area contributed by atoms with E-state index in [1.54, 1.807) is 6.08 Å². The van der Waals surface area contributed by atoms with Crippen LogP contribution in [0.15, 0.2) is 12.7 Å². The average Bonchev–Trinajstić information content (AvgIpc) is 2.74. The molecule has 0 aromatic rings. The maximum absolute atomic E-state index is 11.6. The number of fused-ring (bicyclic) bond motifs is 2. The van der Waals surface area contributed by atoms with Crippen molar-refractivity contribution >= 4 is 5.91 Å². The van der Waals surface area contributed by atoms with E-state index in [4.69, 9.17) is 0 Å². The number of carbonyl (C=O) groups is 1. The van der Waals surface area contributed by atoms with Crippen LogP contribution in [-0.2, 0) is 4.79 Å². The second-order valence-corrected chi connectivity index (χ2v) is 4.32. The summed E-state index contributed by atoms with van der Waals surface area (Å²) in [7, 11) is 0. The Kier molecular flexibility index (Phi) is 2.38. The first-order valence-corrected chi connectivity index (χ1v) is 5.20. The average molecular weight is 179 g/mol. The summed E-state index contributed by atoms with van der Waals surface area (Å²) in [5.74, 6) is 2.12. The standard InChI is InChI=1S/C11H17NO/c1-2-5-12-11(13)10-7-8-3-4-9(10)6-8/h2,8-10H,1,3-7H2,(H,12,13). The maximum atomic E-state index is 11.6. The zero-order valence-corrected chi connectivity index (χ0v) is 7.96. The van der Waals surface area contributed by atoms with Crippen LogP contribution in [0.2, 0.25) is 0 Å². The number of carbonyl (C=O) groups excluding carboxylic acids is 1. The second kappa shape index (κ2) is 3.52. The molecule has 0 heterocycles. The number of hydrogen-bond donors (Lipinski definition) is 1. The van der Waals surface area contributed by atoms with Gasteiger partial charge >= 0.3 is 0 Å². The van der Waals surface area contributed by atoms with Crippen molar-refractivity contribution in [2.75, 3.05) is 6.54 Å². The highest BCUT2D eigenvalue weighted by atomic mass is 16.1. The van der Waals surface area contributed by atoms with Crippen molar-refractivity contribution in [2.45, 2.75) is 25.7 Å². The smallest absolute Gasteiger partial charge is 0.223 e. The first kappa shape index (κ1) is 8.79. The Balaban J connectivity index is 1.87. The van der Waals surface area contributed by atoms with Gasteiger partial charge in [0.2, 0.25) is 5.91 Å². The van der Waals surface area contributed by atoms with Gasteiger partial charge in [0.25, 0.3) is 0 Å². The van der Waals surface area contributed by atoms with Crippen molar-refractivity contribution < 1.29 is 4.79 Å². The van der Waals surface area contributed by atoms with Gasteiger partial charge in [0.15, 0.2) is 0 Å². The Morgan fingerprint density at radius 1 is 1.46 bits per heavy atom. The van der Waals surface area contributed by atoms with Gasteiger partial charge in [0, 0.05) is 12.5 Å². The normalized spacial score (nSPS) is 36.2. The Bertz CT molecular complexity index is 224. The maximum Gasteiger partial charge on any atom is 0.223 e. The van der Waals surface area contributed by atoms with Crippen molar-refractivity contribution in [3.05, 3.63) is 12.7 Å². The fourth-order valence-corrected chi connectivity index (χ4v) is 2.87. The van der Waals surface area contributed by atoms with E-state index in [2.05, 4.69) is 11.9 Å². The molecule has 72 valence electrons. The summed E-state index contributed by atoms with van der Waals surface area (Å²) in [4.78, 5) is 11.6. The van der Waals surface area contributed by atoms with Crippen molar-refractivity contribution in [3.63, 3.8) is 0 Å². The predicted molar refractivity (Wildman–Crippen MR) is 52.1 cm³/mol. The lowest BCUT2D eigenvalue weighted by atomic mass is 9.88. The third-order valence-electron chi connectivity index (χ3n) is 3.50. The zero-order chi connectivity index (χ0) is 9.26. The summed E-state index contributed by atoms with van der Waals surface area (Å²) in [5.41, 5.74) is 0. The molecule has 3 unspecified atom stereocenters. The van der Waals surface area contributed by atoms with Crippen molar-refractivity contribution in [1.29, 1.82) is 0 Å². The van der Waals surface area contributed by atoms with Gasteiger partial charge in [-0.2, -0.15) is 0 Å². The van der Waals surface area contributed by atoms with Crippen LogP contribution in [0.1, 0.15) is 25.7 Å². The Hall–Kier alpha value is -0.790. The fourth-order valence-electron chi connectivity index (χ4n) is 2.87. The van der Waals surface area contributed by atoms with Crippen molar-refractivity contribution in [3.8, 4) is 0 Å². The molecule has 0 aromatic heterocycles. The summed E-state index contributed by atoms with van der Waals surface area (Å²) in [6.45, 7) is 4.21. The minimum atomic E-state index is 0.257. The largest absolute Gasteiger partial charge is 0.352 e. The minimum absolute atomic E-state index is 0.257. The van der Waals surface area contributed by atoms with Gasteiger partial charge in [-0.1, -0.05) is 12.5 Å². The van der Waals surface area contributed by atoms with Crippen LogP contribution in [0.4, 0.5) is 0 Å². The molecular formula is C11H17NO. The lowest BCUT2D eigenvalue weighted by Crippen LogP contribution is -2.33. The minimum Gasteiger partial charge on any atom is -0.352 e. The van der Waals surface area contributed by atoms with E-state index in [1.165, 1.54) is 19.3 Å². The molecule has 13 heavy (non-hydrogen) atoms. The van der Waals surface area contributed by atoms with Gasteiger partial charge < -0.3 is 5.32 Å². The zero-order valence-electron chi connectivity index (χ0n) is 7.96. The van der Waals surface area contributed by atoms with Crippen molar-refractivity contribution in [2.24, 2.45) is 17.8 Å². The number of rotatable bonds is 3. The fraction of sp³-hybridized carbons (Fsp3) is 0.727.